The molecule has 3 nitrogen and oxygen atoms in total. The van der Waals surface area contributed by atoms with Crippen LogP contribution in [0.25, 0.3) is 11.3 Å². The molecule has 0 spiro atoms. The Morgan fingerprint density at radius 1 is 1.31 bits per heavy atom. The van der Waals surface area contributed by atoms with Crippen molar-refractivity contribution in [2.45, 2.75) is 0 Å². The quantitative estimate of drug-likeness (QED) is 0.752. The van der Waals surface area contributed by atoms with E-state index in [0.29, 0.717) is 0 Å². The molecule has 0 saturated heterocycles. The van der Waals surface area contributed by atoms with Gasteiger partial charge in [-0.2, -0.15) is 0 Å². The Bertz CT molecular complexity index is 373. The molecule has 4 heteroatoms. The SMILES string of the molecule is Oc1ccccc1-c1cn[c-][nH]1.[Y]. The molecular weight excluding hydrogens is 241 g/mol. The first-order chi connectivity index (χ1) is 5.88. The number of phenols is 1. The number of imidazole rings is 1. The molecule has 1 aromatic heterocycles. The van der Waals surface area contributed by atoms with E-state index in [-0.39, 0.29) is 38.5 Å². The molecule has 0 aliphatic heterocycles. The minimum Gasteiger partial charge on any atom is -0.508 e. The van der Waals surface area contributed by atoms with Crippen molar-refractivity contribution in [3.63, 3.8) is 0 Å². The first-order valence-corrected chi connectivity index (χ1v) is 3.57. The molecule has 0 amide bonds. The van der Waals surface area contributed by atoms with Crippen molar-refractivity contribution in [2.75, 3.05) is 0 Å². The number of phenolic OH excluding ortho intramolecular Hbond substituents is 1. The molecule has 1 heterocycles. The van der Waals surface area contributed by atoms with Crippen LogP contribution in [0.4, 0.5) is 0 Å². The minimum absolute atomic E-state index is 0. The van der Waals surface area contributed by atoms with E-state index in [4.69, 9.17) is 0 Å². The van der Waals surface area contributed by atoms with Crippen LogP contribution in [-0.4, -0.2) is 15.1 Å². The Hall–Kier alpha value is -0.666. The van der Waals surface area contributed by atoms with E-state index < -0.39 is 0 Å². The maximum atomic E-state index is 9.42. The first-order valence-electron chi connectivity index (χ1n) is 3.57. The van der Waals surface area contributed by atoms with Crippen molar-refractivity contribution in [1.82, 2.24) is 9.97 Å². The number of para-hydroxylation sites is 1. The summed E-state index contributed by atoms with van der Waals surface area (Å²) in [6.07, 6.45) is 4.19. The van der Waals surface area contributed by atoms with Crippen LogP contribution in [0, 0.1) is 6.33 Å². The molecule has 0 aliphatic rings. The molecule has 0 unspecified atom stereocenters. The predicted octanol–water partition coefficient (Wildman–Crippen LogP) is 1.58. The average Bonchev–Trinajstić information content (AvgIpc) is 2.57. The maximum Gasteiger partial charge on any atom is 0.111 e. The number of hydrogen-bond donors (Lipinski definition) is 2. The van der Waals surface area contributed by atoms with E-state index in [1.807, 2.05) is 12.1 Å². The summed E-state index contributed by atoms with van der Waals surface area (Å²) in [6, 6.07) is 7.08. The number of benzene rings is 1. The zero-order chi connectivity index (χ0) is 8.39. The molecule has 2 N–H and O–H groups in total. The molecule has 0 atom stereocenters. The zero-order valence-corrected chi connectivity index (χ0v) is 9.70. The third-order valence-electron chi connectivity index (χ3n) is 1.64. The van der Waals surface area contributed by atoms with Gasteiger partial charge >= 0.3 is 0 Å². The number of nitrogens with one attached hydrogen (secondary N) is 1. The van der Waals surface area contributed by atoms with Crippen LogP contribution in [0.3, 0.4) is 0 Å². The third kappa shape index (κ3) is 2.17. The number of nitrogens with zero attached hydrogens (tertiary/aromatic N) is 1. The Labute approximate surface area is 101 Å². The number of aromatic amines is 1. The average molecular weight is 248 g/mol. The number of aromatic nitrogens is 2. The van der Waals surface area contributed by atoms with Gasteiger partial charge in [-0.15, -0.1) is 6.20 Å². The van der Waals surface area contributed by atoms with Crippen LogP contribution in [0.1, 0.15) is 0 Å². The van der Waals surface area contributed by atoms with Gasteiger partial charge in [-0.1, -0.05) is 23.9 Å². The Morgan fingerprint density at radius 2 is 2.08 bits per heavy atom. The van der Waals surface area contributed by atoms with Crippen molar-refractivity contribution in [3.8, 4) is 17.0 Å². The topological polar surface area (TPSA) is 48.9 Å². The fourth-order valence-electron chi connectivity index (χ4n) is 1.06. The van der Waals surface area contributed by atoms with Crippen LogP contribution in [0.5, 0.6) is 5.75 Å². The van der Waals surface area contributed by atoms with Crippen LogP contribution in [-0.2, 0) is 32.7 Å². The molecule has 0 fully saturated rings. The zero-order valence-electron chi connectivity index (χ0n) is 6.86. The molecule has 2 rings (SSSR count). The summed E-state index contributed by atoms with van der Waals surface area (Å²) in [5.74, 6) is 0.246. The number of aromatic hydroxyl groups is 1. The smallest absolute Gasteiger partial charge is 0.111 e. The van der Waals surface area contributed by atoms with E-state index in [9.17, 15) is 5.11 Å². The summed E-state index contributed by atoms with van der Waals surface area (Å²) < 4.78 is 0. The summed E-state index contributed by atoms with van der Waals surface area (Å²) in [5, 5.41) is 9.42. The number of rotatable bonds is 1. The summed E-state index contributed by atoms with van der Waals surface area (Å²) >= 11 is 0. The summed E-state index contributed by atoms with van der Waals surface area (Å²) in [7, 11) is 0. The molecule has 63 valence electrons. The van der Waals surface area contributed by atoms with Gasteiger partial charge in [-0.25, -0.2) is 0 Å². The normalized spacial score (nSPS) is 9.23. The fraction of sp³-hybridized carbons (Fsp3) is 0. The molecule has 2 aromatic rings. The van der Waals surface area contributed by atoms with Crippen LogP contribution >= 0.6 is 0 Å². The largest absolute Gasteiger partial charge is 0.508 e. The van der Waals surface area contributed by atoms with E-state index >= 15 is 0 Å². The Balaban J connectivity index is 0.000000845. The minimum atomic E-state index is 0. The monoisotopic (exact) mass is 248 g/mol. The summed E-state index contributed by atoms with van der Waals surface area (Å²) in [5.41, 5.74) is 1.51. The van der Waals surface area contributed by atoms with Gasteiger partial charge in [0.1, 0.15) is 5.75 Å². The van der Waals surface area contributed by atoms with Gasteiger partial charge in [0.05, 0.1) is 0 Å². The number of H-pyrrole nitrogens is 1. The van der Waals surface area contributed by atoms with E-state index in [1.54, 1.807) is 18.3 Å². The van der Waals surface area contributed by atoms with Crippen LogP contribution in [0.2, 0.25) is 0 Å². The first kappa shape index (κ1) is 10.4. The standard InChI is InChI=1S/C9H7N2O.Y/c12-9-4-2-1-3-7(9)8-5-10-6-11-8;/h1-5,12H,(H,10,11);/q-1;. The van der Waals surface area contributed by atoms with Gasteiger partial charge in [0.2, 0.25) is 0 Å². The summed E-state index contributed by atoms with van der Waals surface area (Å²) in [6.45, 7) is 0. The second-order valence-electron chi connectivity index (χ2n) is 2.43. The molecular formula is C9H7N2OY-. The second kappa shape index (κ2) is 4.54. The second-order valence-corrected chi connectivity index (χ2v) is 2.43. The molecule has 13 heavy (non-hydrogen) atoms. The Morgan fingerprint density at radius 3 is 2.69 bits per heavy atom. The molecule has 0 bridgehead atoms. The fourth-order valence-corrected chi connectivity index (χ4v) is 1.06. The van der Waals surface area contributed by atoms with E-state index in [2.05, 4.69) is 16.3 Å². The van der Waals surface area contributed by atoms with Crippen molar-refractivity contribution in [2.24, 2.45) is 0 Å². The van der Waals surface area contributed by atoms with Gasteiger partial charge in [-0.3, -0.25) is 0 Å². The van der Waals surface area contributed by atoms with Crippen molar-refractivity contribution >= 4 is 0 Å². The van der Waals surface area contributed by atoms with Crippen molar-refractivity contribution in [3.05, 3.63) is 36.8 Å². The van der Waals surface area contributed by atoms with Crippen LogP contribution < -0.4 is 0 Å². The third-order valence-corrected chi connectivity index (χ3v) is 1.64. The van der Waals surface area contributed by atoms with Gasteiger partial charge in [0.25, 0.3) is 0 Å². The number of hydrogen-bond acceptors (Lipinski definition) is 2. The van der Waals surface area contributed by atoms with Gasteiger partial charge in [0.15, 0.2) is 0 Å². The molecule has 1 aromatic carbocycles. The molecule has 0 saturated carbocycles. The predicted molar refractivity (Wildman–Crippen MR) is 44.5 cm³/mol. The van der Waals surface area contributed by atoms with Crippen LogP contribution in [0.15, 0.2) is 30.5 Å². The van der Waals surface area contributed by atoms with Gasteiger partial charge in [-0.05, 0) is 18.0 Å². The maximum absolute atomic E-state index is 9.42. The van der Waals surface area contributed by atoms with Gasteiger partial charge in [0, 0.05) is 32.7 Å². The molecule has 1 radical (unpaired) electrons. The molecule has 0 aliphatic carbocycles. The van der Waals surface area contributed by atoms with E-state index in [1.165, 1.54) is 0 Å². The van der Waals surface area contributed by atoms with E-state index in [0.717, 1.165) is 11.3 Å². The summed E-state index contributed by atoms with van der Waals surface area (Å²) in [4.78, 5) is 6.55. The van der Waals surface area contributed by atoms with Crippen molar-refractivity contribution in [1.29, 1.82) is 0 Å². The van der Waals surface area contributed by atoms with Gasteiger partial charge < -0.3 is 15.1 Å². The Kier molecular flexibility index (Phi) is 3.63. The van der Waals surface area contributed by atoms with Crippen molar-refractivity contribution < 1.29 is 37.8 Å².